The van der Waals surface area contributed by atoms with Crippen molar-refractivity contribution >= 4 is 23.1 Å². The van der Waals surface area contributed by atoms with Gasteiger partial charge in [0.15, 0.2) is 0 Å². The van der Waals surface area contributed by atoms with Gasteiger partial charge in [-0.25, -0.2) is 14.2 Å². The lowest BCUT2D eigenvalue weighted by atomic mass is 10.1. The van der Waals surface area contributed by atoms with E-state index in [0.29, 0.717) is 17.8 Å². The van der Waals surface area contributed by atoms with Gasteiger partial charge in [0.1, 0.15) is 10.8 Å². The van der Waals surface area contributed by atoms with Crippen molar-refractivity contribution in [1.29, 1.82) is 0 Å². The van der Waals surface area contributed by atoms with E-state index < -0.39 is 6.10 Å². The van der Waals surface area contributed by atoms with Gasteiger partial charge in [-0.2, -0.15) is 0 Å². The van der Waals surface area contributed by atoms with Crippen molar-refractivity contribution in [2.24, 2.45) is 5.92 Å². The lowest BCUT2D eigenvalue weighted by Crippen LogP contribution is -2.40. The predicted molar refractivity (Wildman–Crippen MR) is 114 cm³/mol. The molecule has 1 atom stereocenters. The fraction of sp³-hybridized carbons (Fsp3) is 0.273. The summed E-state index contributed by atoms with van der Waals surface area (Å²) in [6.45, 7) is 4.62. The molecule has 0 aliphatic heterocycles. The summed E-state index contributed by atoms with van der Waals surface area (Å²) in [4.78, 5) is 18.7. The third kappa shape index (κ3) is 5.85. The minimum Gasteiger partial charge on any atom is -0.387 e. The molecule has 0 saturated heterocycles. The molecule has 2 aromatic carbocycles. The van der Waals surface area contributed by atoms with Crippen LogP contribution in [0.2, 0.25) is 0 Å². The smallest absolute Gasteiger partial charge is 0.321 e. The van der Waals surface area contributed by atoms with Gasteiger partial charge < -0.3 is 15.3 Å². The quantitative estimate of drug-likeness (QED) is 0.561. The van der Waals surface area contributed by atoms with Gasteiger partial charge in [0.25, 0.3) is 0 Å². The largest absolute Gasteiger partial charge is 0.387 e. The number of halogens is 1. The van der Waals surface area contributed by atoms with Gasteiger partial charge >= 0.3 is 6.03 Å². The van der Waals surface area contributed by atoms with Crippen LogP contribution in [0.15, 0.2) is 60.1 Å². The molecule has 0 unspecified atom stereocenters. The second-order valence-electron chi connectivity index (χ2n) is 7.21. The lowest BCUT2D eigenvalue weighted by Gasteiger charge is -2.27. The SMILES string of the molecule is CC(C)CN(C[C@@H](O)c1ccc(F)cc1)C(=O)Nc1ccc(-c2nccs2)cc1. The molecule has 2 N–H and O–H groups in total. The van der Waals surface area contributed by atoms with Crippen LogP contribution in [0.25, 0.3) is 10.6 Å². The summed E-state index contributed by atoms with van der Waals surface area (Å²) >= 11 is 1.56. The number of hydrogen-bond donors (Lipinski definition) is 2. The van der Waals surface area contributed by atoms with E-state index in [-0.39, 0.29) is 24.3 Å². The van der Waals surface area contributed by atoms with Gasteiger partial charge in [0.05, 0.1) is 12.6 Å². The number of nitrogens with one attached hydrogen (secondary N) is 1. The zero-order valence-electron chi connectivity index (χ0n) is 16.4. The van der Waals surface area contributed by atoms with Crippen LogP contribution in [0, 0.1) is 11.7 Å². The minimum absolute atomic E-state index is 0.118. The van der Waals surface area contributed by atoms with Crippen LogP contribution in [-0.4, -0.2) is 34.1 Å². The van der Waals surface area contributed by atoms with Crippen molar-refractivity contribution < 1.29 is 14.3 Å². The number of thiazole rings is 1. The van der Waals surface area contributed by atoms with E-state index in [0.717, 1.165) is 10.6 Å². The summed E-state index contributed by atoms with van der Waals surface area (Å²) in [6.07, 6.45) is 0.860. The Morgan fingerprint density at radius 3 is 2.41 bits per heavy atom. The fourth-order valence-electron chi connectivity index (χ4n) is 2.94. The average molecular weight is 414 g/mol. The molecule has 1 heterocycles. The lowest BCUT2D eigenvalue weighted by molar-refractivity contribution is 0.121. The molecule has 0 aliphatic carbocycles. The van der Waals surface area contributed by atoms with Crippen LogP contribution < -0.4 is 5.32 Å². The van der Waals surface area contributed by atoms with Crippen molar-refractivity contribution in [3.8, 4) is 10.6 Å². The van der Waals surface area contributed by atoms with Crippen LogP contribution in [-0.2, 0) is 0 Å². The van der Waals surface area contributed by atoms with E-state index in [1.54, 1.807) is 22.4 Å². The highest BCUT2D eigenvalue weighted by molar-refractivity contribution is 7.13. The number of aliphatic hydroxyl groups is 1. The Labute approximate surface area is 173 Å². The summed E-state index contributed by atoms with van der Waals surface area (Å²) in [7, 11) is 0. The first-order valence-corrected chi connectivity index (χ1v) is 10.3. The van der Waals surface area contributed by atoms with Crippen LogP contribution in [0.5, 0.6) is 0 Å². The highest BCUT2D eigenvalue weighted by atomic mass is 32.1. The molecule has 5 nitrogen and oxygen atoms in total. The number of carbonyl (C=O) groups is 1. The van der Waals surface area contributed by atoms with Crippen molar-refractivity contribution in [2.45, 2.75) is 20.0 Å². The van der Waals surface area contributed by atoms with E-state index in [1.165, 1.54) is 24.3 Å². The number of benzene rings is 2. The highest BCUT2D eigenvalue weighted by Gasteiger charge is 2.20. The summed E-state index contributed by atoms with van der Waals surface area (Å²) in [5, 5.41) is 16.2. The number of urea groups is 1. The van der Waals surface area contributed by atoms with Gasteiger partial charge in [-0.1, -0.05) is 26.0 Å². The maximum Gasteiger partial charge on any atom is 0.321 e. The summed E-state index contributed by atoms with van der Waals surface area (Å²) in [5.41, 5.74) is 2.23. The molecule has 2 amide bonds. The highest BCUT2D eigenvalue weighted by Crippen LogP contribution is 2.23. The standard InChI is InChI=1S/C22H24FN3O2S/c1-15(2)13-26(14-20(27)16-3-7-18(23)8-4-16)22(28)25-19-9-5-17(6-10-19)21-24-11-12-29-21/h3-12,15,20,27H,13-14H2,1-2H3,(H,25,28)/t20-/m1/s1. The first-order chi connectivity index (χ1) is 13.9. The van der Waals surface area contributed by atoms with Gasteiger partial charge in [0.2, 0.25) is 0 Å². The van der Waals surface area contributed by atoms with Crippen LogP contribution in [0.1, 0.15) is 25.5 Å². The predicted octanol–water partition coefficient (Wildman–Crippen LogP) is 5.17. The van der Waals surface area contributed by atoms with Gasteiger partial charge in [0, 0.05) is 29.4 Å². The van der Waals surface area contributed by atoms with E-state index in [1.807, 2.05) is 43.5 Å². The normalized spacial score (nSPS) is 12.0. The zero-order chi connectivity index (χ0) is 20.8. The maximum absolute atomic E-state index is 13.1. The molecule has 29 heavy (non-hydrogen) atoms. The van der Waals surface area contributed by atoms with E-state index in [2.05, 4.69) is 10.3 Å². The Hall–Kier alpha value is -2.77. The van der Waals surface area contributed by atoms with Crippen molar-refractivity contribution in [3.63, 3.8) is 0 Å². The topological polar surface area (TPSA) is 65.5 Å². The number of aromatic nitrogens is 1. The molecular weight excluding hydrogens is 389 g/mol. The van der Waals surface area contributed by atoms with Gasteiger partial charge in [-0.3, -0.25) is 0 Å². The fourth-order valence-corrected chi connectivity index (χ4v) is 3.59. The summed E-state index contributed by atoms with van der Waals surface area (Å²) < 4.78 is 13.1. The average Bonchev–Trinajstić information content (AvgIpc) is 3.23. The van der Waals surface area contributed by atoms with Crippen molar-refractivity contribution in [1.82, 2.24) is 9.88 Å². The number of hydrogen-bond acceptors (Lipinski definition) is 4. The molecule has 1 aromatic heterocycles. The molecule has 3 aromatic rings. The molecule has 0 radical (unpaired) electrons. The summed E-state index contributed by atoms with van der Waals surface area (Å²) in [5.74, 6) is -0.132. The number of amides is 2. The van der Waals surface area contributed by atoms with Crippen molar-refractivity contribution in [3.05, 3.63) is 71.5 Å². The Morgan fingerprint density at radius 2 is 1.83 bits per heavy atom. The molecule has 3 rings (SSSR count). The molecule has 0 fully saturated rings. The molecule has 0 spiro atoms. The van der Waals surface area contributed by atoms with Gasteiger partial charge in [-0.05, 0) is 47.9 Å². The van der Waals surface area contributed by atoms with E-state index in [4.69, 9.17) is 0 Å². The molecule has 152 valence electrons. The number of rotatable bonds is 7. The Kier molecular flexibility index (Phi) is 6.95. The van der Waals surface area contributed by atoms with Crippen LogP contribution in [0.4, 0.5) is 14.9 Å². The maximum atomic E-state index is 13.1. The summed E-state index contributed by atoms with van der Waals surface area (Å²) in [6, 6.07) is 12.9. The molecular formula is C22H24FN3O2S. The number of carbonyl (C=O) groups excluding carboxylic acids is 1. The monoisotopic (exact) mass is 413 g/mol. The minimum atomic E-state index is -0.896. The second kappa shape index (κ2) is 9.62. The Balaban J connectivity index is 1.67. The zero-order valence-corrected chi connectivity index (χ0v) is 17.2. The first kappa shape index (κ1) is 21.0. The molecule has 0 bridgehead atoms. The first-order valence-electron chi connectivity index (χ1n) is 9.41. The number of aliphatic hydroxyl groups excluding tert-OH is 1. The van der Waals surface area contributed by atoms with Crippen LogP contribution in [0.3, 0.4) is 0 Å². The number of nitrogens with zero attached hydrogens (tertiary/aromatic N) is 2. The third-order valence-corrected chi connectivity index (χ3v) is 5.16. The van der Waals surface area contributed by atoms with E-state index >= 15 is 0 Å². The third-order valence-electron chi connectivity index (χ3n) is 4.34. The number of anilines is 1. The van der Waals surface area contributed by atoms with Crippen molar-refractivity contribution in [2.75, 3.05) is 18.4 Å². The molecule has 7 heteroatoms. The van der Waals surface area contributed by atoms with Gasteiger partial charge in [-0.15, -0.1) is 11.3 Å². The Bertz CT molecular complexity index is 912. The molecule has 0 aliphatic rings. The Morgan fingerprint density at radius 1 is 1.14 bits per heavy atom. The van der Waals surface area contributed by atoms with E-state index in [9.17, 15) is 14.3 Å². The van der Waals surface area contributed by atoms with Crippen LogP contribution >= 0.6 is 11.3 Å². The second-order valence-corrected chi connectivity index (χ2v) is 8.11. The molecule has 0 saturated carbocycles.